The first-order chi connectivity index (χ1) is 16.4. The predicted octanol–water partition coefficient (Wildman–Crippen LogP) is 1.07. The molecule has 2 aliphatic heterocycles. The Morgan fingerprint density at radius 3 is 2.74 bits per heavy atom. The Bertz CT molecular complexity index is 1310. The summed E-state index contributed by atoms with van der Waals surface area (Å²) in [5.41, 5.74) is 2.05. The van der Waals surface area contributed by atoms with Crippen molar-refractivity contribution in [2.75, 3.05) is 0 Å². The van der Waals surface area contributed by atoms with Crippen LogP contribution in [0.5, 0.6) is 5.75 Å². The quantitative estimate of drug-likeness (QED) is 0.520. The van der Waals surface area contributed by atoms with E-state index in [0.29, 0.717) is 18.8 Å². The van der Waals surface area contributed by atoms with Crippen molar-refractivity contribution in [2.45, 2.75) is 45.5 Å². The van der Waals surface area contributed by atoms with Crippen LogP contribution in [-0.2, 0) is 29.3 Å². The van der Waals surface area contributed by atoms with Crippen molar-refractivity contribution in [3.05, 3.63) is 65.5 Å². The minimum absolute atomic E-state index is 0.0653. The third-order valence-electron chi connectivity index (χ3n) is 5.84. The van der Waals surface area contributed by atoms with Crippen LogP contribution in [0.15, 0.2) is 43.1 Å². The molecule has 5 rings (SSSR count). The summed E-state index contributed by atoms with van der Waals surface area (Å²) < 4.78 is 9.64. The number of nitrogens with one attached hydrogen (secondary N) is 1. The van der Waals surface area contributed by atoms with Gasteiger partial charge in [-0.15, -0.1) is 0 Å². The summed E-state index contributed by atoms with van der Waals surface area (Å²) in [6.45, 7) is 3.47. The van der Waals surface area contributed by atoms with E-state index >= 15 is 0 Å². The van der Waals surface area contributed by atoms with E-state index in [1.807, 2.05) is 28.6 Å². The highest BCUT2D eigenvalue weighted by Gasteiger charge is 2.46. The third-order valence-corrected chi connectivity index (χ3v) is 5.84. The van der Waals surface area contributed by atoms with Gasteiger partial charge in [-0.3, -0.25) is 34.1 Å². The lowest BCUT2D eigenvalue weighted by atomic mass is 10.0. The molecule has 11 heteroatoms. The monoisotopic (exact) mass is 462 g/mol. The molecule has 1 unspecified atom stereocenters. The molecule has 1 saturated heterocycles. The summed E-state index contributed by atoms with van der Waals surface area (Å²) >= 11 is 0. The molecular formula is C23H22N6O5. The number of aromatic nitrogens is 4. The minimum Gasteiger partial charge on any atom is -0.486 e. The Balaban J connectivity index is 1.27. The van der Waals surface area contributed by atoms with Crippen LogP contribution in [0.4, 0.5) is 0 Å². The Labute approximate surface area is 194 Å². The van der Waals surface area contributed by atoms with Crippen LogP contribution < -0.4 is 10.1 Å². The number of amides is 4. The molecule has 3 aromatic rings. The van der Waals surface area contributed by atoms with Gasteiger partial charge < -0.3 is 9.30 Å². The van der Waals surface area contributed by atoms with Gasteiger partial charge in [0.05, 0.1) is 35.9 Å². The van der Waals surface area contributed by atoms with Crippen LogP contribution in [0.2, 0.25) is 0 Å². The number of rotatable bonds is 7. The maximum atomic E-state index is 13.1. The maximum Gasteiger partial charge on any atom is 0.266 e. The number of imidazole rings is 1. The molecule has 0 saturated carbocycles. The molecule has 11 nitrogen and oxygen atoms in total. The Hall–Kier alpha value is -4.28. The van der Waals surface area contributed by atoms with Gasteiger partial charge >= 0.3 is 0 Å². The lowest BCUT2D eigenvalue weighted by Crippen LogP contribution is -2.54. The number of nitrogens with zero attached hydrogens (tertiary/aromatic N) is 5. The molecule has 1 N–H and O–H groups in total. The molecule has 2 aliphatic rings. The number of imide groups is 2. The number of carbonyl (C=O) groups excluding carboxylic acids is 4. The number of benzene rings is 1. The van der Waals surface area contributed by atoms with E-state index in [4.69, 9.17) is 4.74 Å². The molecule has 0 spiro atoms. The van der Waals surface area contributed by atoms with Crippen molar-refractivity contribution in [1.82, 2.24) is 29.5 Å². The van der Waals surface area contributed by atoms with Gasteiger partial charge in [0.2, 0.25) is 11.8 Å². The van der Waals surface area contributed by atoms with Crippen molar-refractivity contribution in [3.8, 4) is 5.75 Å². The van der Waals surface area contributed by atoms with Crippen LogP contribution in [-0.4, -0.2) is 53.9 Å². The van der Waals surface area contributed by atoms with Crippen LogP contribution >= 0.6 is 0 Å². The van der Waals surface area contributed by atoms with Gasteiger partial charge in [0, 0.05) is 25.4 Å². The van der Waals surface area contributed by atoms with E-state index in [-0.39, 0.29) is 36.3 Å². The predicted molar refractivity (Wildman–Crippen MR) is 117 cm³/mol. The smallest absolute Gasteiger partial charge is 0.266 e. The molecule has 34 heavy (non-hydrogen) atoms. The van der Waals surface area contributed by atoms with Crippen LogP contribution in [0, 0.1) is 6.92 Å². The zero-order chi connectivity index (χ0) is 23.8. The zero-order valence-electron chi connectivity index (χ0n) is 18.4. The first-order valence-corrected chi connectivity index (χ1v) is 10.9. The standard InChI is InChI=1S/C23H22N6O5/c1-14-9-25-28(10-14)8-7-27-11-15(24-13-27)12-34-18-4-2-3-16-20(18)23(33)29(22(16)32)17-5-6-19(30)26-21(17)31/h2-4,9-11,13,17H,5-8,12H2,1H3,(H,26,30,31). The van der Waals surface area contributed by atoms with E-state index < -0.39 is 29.7 Å². The van der Waals surface area contributed by atoms with Gasteiger partial charge in [-0.1, -0.05) is 6.07 Å². The molecular weight excluding hydrogens is 440 g/mol. The summed E-state index contributed by atoms with van der Waals surface area (Å²) in [7, 11) is 0. The second kappa shape index (κ2) is 8.58. The van der Waals surface area contributed by atoms with Gasteiger partial charge in [0.25, 0.3) is 11.8 Å². The first kappa shape index (κ1) is 21.6. The highest BCUT2D eigenvalue weighted by atomic mass is 16.5. The average Bonchev–Trinajstić information content (AvgIpc) is 3.51. The number of aryl methyl sites for hydroxylation is 3. The fourth-order valence-corrected chi connectivity index (χ4v) is 4.17. The summed E-state index contributed by atoms with van der Waals surface area (Å²) in [6.07, 6.45) is 7.48. The van der Waals surface area contributed by atoms with Crippen molar-refractivity contribution in [3.63, 3.8) is 0 Å². The lowest BCUT2D eigenvalue weighted by Gasteiger charge is -2.27. The summed E-state index contributed by atoms with van der Waals surface area (Å²) in [5, 5.41) is 6.45. The largest absolute Gasteiger partial charge is 0.486 e. The number of hydrogen-bond acceptors (Lipinski definition) is 7. The summed E-state index contributed by atoms with van der Waals surface area (Å²) in [6, 6.07) is 3.74. The molecule has 174 valence electrons. The van der Waals surface area contributed by atoms with E-state index in [2.05, 4.69) is 15.4 Å². The molecule has 4 amide bonds. The minimum atomic E-state index is -1.02. The fourth-order valence-electron chi connectivity index (χ4n) is 4.17. The number of carbonyl (C=O) groups is 4. The Morgan fingerprint density at radius 1 is 1.12 bits per heavy atom. The Kier molecular flexibility index (Phi) is 5.44. The van der Waals surface area contributed by atoms with Crippen molar-refractivity contribution < 1.29 is 23.9 Å². The van der Waals surface area contributed by atoms with Gasteiger partial charge in [-0.2, -0.15) is 5.10 Å². The number of piperidine rings is 1. The van der Waals surface area contributed by atoms with Gasteiger partial charge in [0.1, 0.15) is 18.4 Å². The average molecular weight is 462 g/mol. The summed E-state index contributed by atoms with van der Waals surface area (Å²) in [4.78, 5) is 55.0. The van der Waals surface area contributed by atoms with E-state index in [1.165, 1.54) is 6.07 Å². The normalized spacial score (nSPS) is 17.8. The number of hydrogen-bond donors (Lipinski definition) is 1. The van der Waals surface area contributed by atoms with E-state index in [0.717, 1.165) is 10.5 Å². The van der Waals surface area contributed by atoms with Crippen molar-refractivity contribution in [1.29, 1.82) is 0 Å². The molecule has 4 heterocycles. The summed E-state index contributed by atoms with van der Waals surface area (Å²) in [5.74, 6) is -2.00. The first-order valence-electron chi connectivity index (χ1n) is 10.9. The SMILES string of the molecule is Cc1cnn(CCn2cnc(COc3cccc4c3C(=O)N(C3CCC(=O)NC3=O)C4=O)c2)c1. The van der Waals surface area contributed by atoms with Gasteiger partial charge in [-0.05, 0) is 31.0 Å². The lowest BCUT2D eigenvalue weighted by molar-refractivity contribution is -0.136. The molecule has 0 radical (unpaired) electrons. The number of fused-ring (bicyclic) bond motifs is 1. The zero-order valence-corrected chi connectivity index (χ0v) is 18.4. The Morgan fingerprint density at radius 2 is 1.97 bits per heavy atom. The highest BCUT2D eigenvalue weighted by molar-refractivity contribution is 6.24. The fraction of sp³-hybridized carbons (Fsp3) is 0.304. The molecule has 2 aromatic heterocycles. The number of ether oxygens (including phenoxy) is 1. The van der Waals surface area contributed by atoms with Gasteiger partial charge in [0.15, 0.2) is 0 Å². The van der Waals surface area contributed by atoms with E-state index in [1.54, 1.807) is 24.7 Å². The van der Waals surface area contributed by atoms with E-state index in [9.17, 15) is 19.2 Å². The van der Waals surface area contributed by atoms with Crippen molar-refractivity contribution >= 4 is 23.6 Å². The molecule has 1 fully saturated rings. The second-order valence-electron chi connectivity index (χ2n) is 8.30. The molecule has 0 aliphatic carbocycles. The third kappa shape index (κ3) is 3.96. The van der Waals surface area contributed by atoms with Crippen molar-refractivity contribution in [2.24, 2.45) is 0 Å². The molecule has 1 atom stereocenters. The van der Waals surface area contributed by atoms with Gasteiger partial charge in [-0.25, -0.2) is 4.98 Å². The second-order valence-corrected chi connectivity index (χ2v) is 8.30. The molecule has 0 bridgehead atoms. The van der Waals surface area contributed by atoms with Crippen LogP contribution in [0.1, 0.15) is 44.8 Å². The highest BCUT2D eigenvalue weighted by Crippen LogP contribution is 2.33. The van der Waals surface area contributed by atoms with Crippen LogP contribution in [0.3, 0.4) is 0 Å². The molecule has 1 aromatic carbocycles. The maximum absolute atomic E-state index is 13.1. The van der Waals surface area contributed by atoms with Crippen LogP contribution in [0.25, 0.3) is 0 Å². The topological polar surface area (TPSA) is 128 Å².